The first-order chi connectivity index (χ1) is 17.4. The second kappa shape index (κ2) is 11.6. The van der Waals surface area contributed by atoms with Crippen LogP contribution in [-0.4, -0.2) is 22.7 Å². The fraction of sp³-hybridized carbons (Fsp3) is 0.267. The average molecular weight is 486 g/mol. The van der Waals surface area contributed by atoms with Gasteiger partial charge in [-0.1, -0.05) is 49.7 Å². The Hall–Kier alpha value is -4.06. The molecule has 1 N–H and O–H groups in total. The quantitative estimate of drug-likeness (QED) is 0.246. The van der Waals surface area contributed by atoms with Crippen molar-refractivity contribution in [2.24, 2.45) is 0 Å². The topological polar surface area (TPSA) is 81.8 Å². The summed E-state index contributed by atoms with van der Waals surface area (Å²) in [6.45, 7) is 5.80. The van der Waals surface area contributed by atoms with Crippen LogP contribution in [0.5, 0.6) is 11.5 Å². The van der Waals surface area contributed by atoms with E-state index in [0.29, 0.717) is 23.1 Å². The van der Waals surface area contributed by atoms with Crippen molar-refractivity contribution in [1.82, 2.24) is 4.98 Å². The predicted octanol–water partition coefficient (Wildman–Crippen LogP) is 7.01. The van der Waals surface area contributed by atoms with Gasteiger partial charge in [-0.15, -0.1) is 0 Å². The Morgan fingerprint density at radius 3 is 2.22 bits per heavy atom. The van der Waals surface area contributed by atoms with Crippen LogP contribution in [0.2, 0.25) is 0 Å². The Balaban J connectivity index is 1.39. The minimum atomic E-state index is -1.02. The number of ether oxygens (including phenoxy) is 2. The largest absolute Gasteiger partial charge is 0.487 e. The van der Waals surface area contributed by atoms with Crippen LogP contribution in [0.4, 0.5) is 0 Å². The summed E-state index contributed by atoms with van der Waals surface area (Å²) in [5.74, 6) is 1.40. The minimum absolute atomic E-state index is 0.257. The van der Waals surface area contributed by atoms with Gasteiger partial charge in [-0.25, -0.2) is 9.78 Å². The number of aromatic nitrogens is 1. The monoisotopic (exact) mass is 485 g/mol. The van der Waals surface area contributed by atoms with E-state index < -0.39 is 5.97 Å². The van der Waals surface area contributed by atoms with Gasteiger partial charge >= 0.3 is 5.97 Å². The molecule has 0 atom stereocenters. The van der Waals surface area contributed by atoms with E-state index in [-0.39, 0.29) is 13.2 Å². The van der Waals surface area contributed by atoms with E-state index in [2.05, 4.69) is 48.3 Å². The molecule has 1 heterocycles. The number of hydrogen-bond donors (Lipinski definition) is 1. The molecule has 0 unspecified atom stereocenters. The summed E-state index contributed by atoms with van der Waals surface area (Å²) in [4.78, 5) is 15.3. The zero-order valence-electron chi connectivity index (χ0n) is 20.9. The molecule has 186 valence electrons. The van der Waals surface area contributed by atoms with Crippen LogP contribution in [-0.2, 0) is 17.8 Å². The van der Waals surface area contributed by atoms with E-state index in [4.69, 9.17) is 19.0 Å². The van der Waals surface area contributed by atoms with Crippen molar-refractivity contribution in [2.75, 3.05) is 6.61 Å². The molecule has 0 saturated heterocycles. The molecule has 0 aliphatic carbocycles. The Morgan fingerprint density at radius 1 is 0.917 bits per heavy atom. The van der Waals surface area contributed by atoms with Crippen LogP contribution in [0.3, 0.4) is 0 Å². The summed E-state index contributed by atoms with van der Waals surface area (Å²) in [5, 5.41) is 8.77. The second-order valence-electron chi connectivity index (χ2n) is 8.80. The van der Waals surface area contributed by atoms with Crippen LogP contribution >= 0.6 is 0 Å². The first-order valence-corrected chi connectivity index (χ1v) is 12.2. The zero-order valence-corrected chi connectivity index (χ0v) is 20.9. The second-order valence-corrected chi connectivity index (χ2v) is 8.80. The summed E-state index contributed by atoms with van der Waals surface area (Å²) in [6, 6.07) is 22.2. The molecule has 36 heavy (non-hydrogen) atoms. The molecule has 0 radical (unpaired) electrons. The lowest BCUT2D eigenvalue weighted by atomic mass is 10.0. The van der Waals surface area contributed by atoms with Gasteiger partial charge in [-0.3, -0.25) is 0 Å². The number of oxazole rings is 1. The summed E-state index contributed by atoms with van der Waals surface area (Å²) < 4.78 is 17.1. The van der Waals surface area contributed by atoms with E-state index in [1.165, 1.54) is 24.0 Å². The van der Waals surface area contributed by atoms with Crippen LogP contribution in [0.15, 0.2) is 71.1 Å². The van der Waals surface area contributed by atoms with E-state index >= 15 is 0 Å². The van der Waals surface area contributed by atoms with Crippen molar-refractivity contribution in [3.8, 4) is 34.1 Å². The van der Waals surface area contributed by atoms with Gasteiger partial charge in [-0.05, 0) is 79.3 Å². The summed E-state index contributed by atoms with van der Waals surface area (Å²) in [7, 11) is 0. The third kappa shape index (κ3) is 6.33. The zero-order chi connectivity index (χ0) is 25.5. The number of nitrogens with zero attached hydrogens (tertiary/aromatic N) is 1. The van der Waals surface area contributed by atoms with Crippen LogP contribution in [0.25, 0.3) is 22.6 Å². The number of aliphatic carboxylic acids is 1. The van der Waals surface area contributed by atoms with Gasteiger partial charge in [0.25, 0.3) is 0 Å². The average Bonchev–Trinajstić information content (AvgIpc) is 3.26. The predicted molar refractivity (Wildman–Crippen MR) is 139 cm³/mol. The lowest BCUT2D eigenvalue weighted by Gasteiger charge is -2.10. The van der Waals surface area contributed by atoms with Gasteiger partial charge in [-0.2, -0.15) is 0 Å². The van der Waals surface area contributed by atoms with Gasteiger partial charge < -0.3 is 19.0 Å². The Bertz CT molecular complexity index is 1310. The molecule has 0 aliphatic rings. The van der Waals surface area contributed by atoms with Crippen LogP contribution in [0.1, 0.15) is 42.3 Å². The van der Waals surface area contributed by atoms with Gasteiger partial charge in [0.05, 0.1) is 0 Å². The molecular formula is C30H31NO5. The molecule has 0 aliphatic heterocycles. The van der Waals surface area contributed by atoms with Gasteiger partial charge in [0.2, 0.25) is 5.89 Å². The molecule has 0 amide bonds. The SMILES string of the molecule is CCCCc1ccc(-c2ccc(-c3nc(COc4ccc(OCC(=O)O)c(C)c4)c(C)o3)cc2)cc1. The van der Waals surface area contributed by atoms with Crippen LogP contribution in [0, 0.1) is 13.8 Å². The Morgan fingerprint density at radius 2 is 1.58 bits per heavy atom. The lowest BCUT2D eigenvalue weighted by molar-refractivity contribution is -0.139. The molecule has 4 rings (SSSR count). The van der Waals surface area contributed by atoms with Gasteiger partial charge in [0.1, 0.15) is 29.6 Å². The summed E-state index contributed by atoms with van der Waals surface area (Å²) in [6.07, 6.45) is 3.54. The van der Waals surface area contributed by atoms with Crippen molar-refractivity contribution in [1.29, 1.82) is 0 Å². The third-order valence-corrected chi connectivity index (χ3v) is 6.00. The molecule has 3 aromatic carbocycles. The molecule has 1 aromatic heterocycles. The number of benzene rings is 3. The summed E-state index contributed by atoms with van der Waals surface area (Å²) in [5.41, 5.74) is 6.14. The first-order valence-electron chi connectivity index (χ1n) is 12.2. The summed E-state index contributed by atoms with van der Waals surface area (Å²) >= 11 is 0. The van der Waals surface area contributed by atoms with Crippen molar-refractivity contribution in [3.63, 3.8) is 0 Å². The first kappa shape index (κ1) is 25.0. The van der Waals surface area contributed by atoms with Crippen molar-refractivity contribution in [3.05, 3.63) is 89.3 Å². The normalized spacial score (nSPS) is 10.9. The molecule has 6 heteroatoms. The molecule has 0 spiro atoms. The van der Waals surface area contributed by atoms with Crippen LogP contribution < -0.4 is 9.47 Å². The smallest absolute Gasteiger partial charge is 0.341 e. The van der Waals surface area contributed by atoms with E-state index in [0.717, 1.165) is 28.8 Å². The highest BCUT2D eigenvalue weighted by atomic mass is 16.5. The molecule has 0 saturated carbocycles. The standard InChI is InChI=1S/C30H31NO5/c1-4-5-6-22-7-9-23(10-8-22)24-11-13-25(14-12-24)30-31-27(21(3)36-30)18-34-26-15-16-28(20(2)17-26)35-19-29(32)33/h7-17H,4-6,18-19H2,1-3H3,(H,32,33). The lowest BCUT2D eigenvalue weighted by Crippen LogP contribution is -2.10. The number of hydrogen-bond acceptors (Lipinski definition) is 5. The maximum absolute atomic E-state index is 10.7. The fourth-order valence-electron chi connectivity index (χ4n) is 3.90. The van der Waals surface area contributed by atoms with E-state index in [9.17, 15) is 4.79 Å². The van der Waals surface area contributed by atoms with E-state index in [1.807, 2.05) is 32.0 Å². The molecule has 0 bridgehead atoms. The number of aryl methyl sites for hydroxylation is 3. The number of rotatable bonds is 11. The third-order valence-electron chi connectivity index (χ3n) is 6.00. The van der Waals surface area contributed by atoms with Crippen molar-refractivity contribution < 1.29 is 23.8 Å². The molecule has 4 aromatic rings. The number of carboxylic acid groups (broad SMARTS) is 1. The van der Waals surface area contributed by atoms with E-state index in [1.54, 1.807) is 12.1 Å². The number of carboxylic acids is 1. The fourth-order valence-corrected chi connectivity index (χ4v) is 3.90. The Labute approximate surface area is 211 Å². The highest BCUT2D eigenvalue weighted by Crippen LogP contribution is 2.28. The van der Waals surface area contributed by atoms with Gasteiger partial charge in [0, 0.05) is 5.56 Å². The molecular weight excluding hydrogens is 454 g/mol. The minimum Gasteiger partial charge on any atom is -0.487 e. The maximum Gasteiger partial charge on any atom is 0.341 e. The van der Waals surface area contributed by atoms with Crippen molar-refractivity contribution in [2.45, 2.75) is 46.6 Å². The Kier molecular flexibility index (Phi) is 8.06. The van der Waals surface area contributed by atoms with Gasteiger partial charge in [0.15, 0.2) is 6.61 Å². The maximum atomic E-state index is 10.7. The number of unbranched alkanes of at least 4 members (excludes halogenated alkanes) is 1. The molecule has 6 nitrogen and oxygen atoms in total. The van der Waals surface area contributed by atoms with Crippen molar-refractivity contribution >= 4 is 5.97 Å². The highest BCUT2D eigenvalue weighted by Gasteiger charge is 2.13. The molecule has 0 fully saturated rings. The highest BCUT2D eigenvalue weighted by molar-refractivity contribution is 5.69. The number of carbonyl (C=O) groups is 1.